The van der Waals surface area contributed by atoms with Crippen molar-refractivity contribution in [1.29, 1.82) is 0 Å². The van der Waals surface area contributed by atoms with Gasteiger partial charge in [-0.3, -0.25) is 4.79 Å². The summed E-state index contributed by atoms with van der Waals surface area (Å²) in [5, 5.41) is 2.55. The lowest BCUT2D eigenvalue weighted by Gasteiger charge is -2.19. The molecule has 0 spiro atoms. The highest BCUT2D eigenvalue weighted by atomic mass is 16.6. The van der Waals surface area contributed by atoms with Gasteiger partial charge < -0.3 is 20.5 Å². The number of methoxy groups -OCH3 is 1. The maximum atomic E-state index is 10.9. The van der Waals surface area contributed by atoms with Gasteiger partial charge in [0.05, 0.1) is 6.61 Å². The summed E-state index contributed by atoms with van der Waals surface area (Å²) < 4.78 is 9.73. The van der Waals surface area contributed by atoms with E-state index in [-0.39, 0.29) is 0 Å². The van der Waals surface area contributed by atoms with E-state index >= 15 is 0 Å². The third kappa shape index (κ3) is 19.8. The number of carbonyl (C=O) groups is 2. The Hall–Kier alpha value is -1.74. The number of hydrogen-bond donors (Lipinski definition) is 2. The summed E-state index contributed by atoms with van der Waals surface area (Å²) in [7, 11) is 1.58. The Labute approximate surface area is 108 Å². The van der Waals surface area contributed by atoms with Crippen molar-refractivity contribution in [3.63, 3.8) is 0 Å². The van der Waals surface area contributed by atoms with Crippen LogP contribution in [0.25, 0.3) is 0 Å². The zero-order chi connectivity index (χ0) is 14.6. The molecule has 0 aromatic carbocycles. The van der Waals surface area contributed by atoms with Crippen LogP contribution in [0.1, 0.15) is 27.7 Å². The van der Waals surface area contributed by atoms with Crippen molar-refractivity contribution in [3.05, 3.63) is 0 Å². The lowest BCUT2D eigenvalue weighted by Crippen LogP contribution is -2.34. The topological polar surface area (TPSA) is 90.7 Å². The number of amides is 2. The molecule has 0 bridgehead atoms. The first-order valence-corrected chi connectivity index (χ1v) is 5.41. The fourth-order valence-corrected chi connectivity index (χ4v) is 0.693. The predicted molar refractivity (Wildman–Crippen MR) is 68.8 cm³/mol. The third-order valence-electron chi connectivity index (χ3n) is 1.22. The summed E-state index contributed by atoms with van der Waals surface area (Å²) in [6.07, 6.45) is -0.403. The summed E-state index contributed by atoms with van der Waals surface area (Å²) in [5.74, 6) is 3.87. The average molecular weight is 258 g/mol. The molecule has 0 unspecified atom stereocenters. The number of primary amides is 1. The lowest BCUT2D eigenvalue weighted by atomic mass is 10.2. The maximum Gasteiger partial charge on any atom is 0.407 e. The van der Waals surface area contributed by atoms with Crippen molar-refractivity contribution >= 4 is 12.0 Å². The molecule has 0 saturated heterocycles. The SMILES string of the molecule is CC#CC(N)=O.COCCNC(=O)OC(C)(C)C. The second-order valence-electron chi connectivity index (χ2n) is 4.16. The number of rotatable bonds is 3. The van der Waals surface area contributed by atoms with Gasteiger partial charge in [0.1, 0.15) is 5.60 Å². The normalized spacial score (nSPS) is 9.17. The monoisotopic (exact) mass is 258 g/mol. The molecule has 0 aromatic rings. The predicted octanol–water partition coefficient (Wildman–Crippen LogP) is 0.652. The van der Waals surface area contributed by atoms with Crippen LogP contribution < -0.4 is 11.1 Å². The highest BCUT2D eigenvalue weighted by molar-refractivity contribution is 5.91. The molecule has 0 aliphatic rings. The fraction of sp³-hybridized carbons (Fsp3) is 0.667. The van der Waals surface area contributed by atoms with Gasteiger partial charge in [-0.05, 0) is 33.6 Å². The molecule has 0 saturated carbocycles. The standard InChI is InChI=1S/C8H17NO3.C4H5NO/c1-8(2,3)12-7(10)9-5-6-11-4;1-2-3-4(5)6/h5-6H2,1-4H3,(H,9,10);1H3,(H2,5,6). The molecule has 6 nitrogen and oxygen atoms in total. The van der Waals surface area contributed by atoms with Gasteiger partial charge in [-0.15, -0.1) is 0 Å². The zero-order valence-electron chi connectivity index (χ0n) is 11.6. The first-order chi connectivity index (χ1) is 8.22. The van der Waals surface area contributed by atoms with E-state index in [0.717, 1.165) is 0 Å². The van der Waals surface area contributed by atoms with Crippen LogP contribution in [0.2, 0.25) is 0 Å². The van der Waals surface area contributed by atoms with Crippen LogP contribution in [0.15, 0.2) is 0 Å². The minimum absolute atomic E-state index is 0.403. The molecule has 0 atom stereocenters. The smallest absolute Gasteiger partial charge is 0.407 e. The average Bonchev–Trinajstić information content (AvgIpc) is 2.15. The highest BCUT2D eigenvalue weighted by Gasteiger charge is 2.15. The molecule has 2 amide bonds. The summed E-state index contributed by atoms with van der Waals surface area (Å²) in [6, 6.07) is 0. The molecule has 0 heterocycles. The number of nitrogens with one attached hydrogen (secondary N) is 1. The minimum Gasteiger partial charge on any atom is -0.444 e. The van der Waals surface area contributed by atoms with Gasteiger partial charge >= 0.3 is 6.09 Å². The second-order valence-corrected chi connectivity index (χ2v) is 4.16. The van der Waals surface area contributed by atoms with Gasteiger partial charge in [-0.25, -0.2) is 4.79 Å². The number of carbonyl (C=O) groups excluding carboxylic acids is 2. The summed E-state index contributed by atoms with van der Waals surface area (Å²) in [4.78, 5) is 20.6. The third-order valence-corrected chi connectivity index (χ3v) is 1.22. The van der Waals surface area contributed by atoms with E-state index in [1.807, 2.05) is 20.8 Å². The Bertz CT molecular complexity index is 310. The highest BCUT2D eigenvalue weighted by Crippen LogP contribution is 2.05. The summed E-state index contributed by atoms with van der Waals surface area (Å²) in [5.41, 5.74) is 4.16. The van der Waals surface area contributed by atoms with E-state index in [1.54, 1.807) is 14.0 Å². The molecule has 6 heteroatoms. The van der Waals surface area contributed by atoms with E-state index < -0.39 is 17.6 Å². The van der Waals surface area contributed by atoms with Gasteiger partial charge in [0.25, 0.3) is 5.91 Å². The molecule has 0 aromatic heterocycles. The lowest BCUT2D eigenvalue weighted by molar-refractivity contribution is -0.112. The van der Waals surface area contributed by atoms with Gasteiger partial charge in [0, 0.05) is 13.7 Å². The molecular weight excluding hydrogens is 236 g/mol. The van der Waals surface area contributed by atoms with Crippen molar-refractivity contribution in [2.75, 3.05) is 20.3 Å². The Morgan fingerprint density at radius 2 is 1.89 bits per heavy atom. The summed E-state index contributed by atoms with van der Waals surface area (Å²) in [6.45, 7) is 8.00. The van der Waals surface area contributed by atoms with Crippen molar-refractivity contribution < 1.29 is 19.1 Å². The Morgan fingerprint density at radius 3 is 2.17 bits per heavy atom. The molecule has 0 aliphatic heterocycles. The Morgan fingerprint density at radius 1 is 1.33 bits per heavy atom. The van der Waals surface area contributed by atoms with Crippen LogP contribution in [0.4, 0.5) is 4.79 Å². The van der Waals surface area contributed by atoms with Crippen molar-refractivity contribution in [3.8, 4) is 11.8 Å². The number of hydrogen-bond acceptors (Lipinski definition) is 4. The number of ether oxygens (including phenoxy) is 2. The van der Waals surface area contributed by atoms with E-state index in [9.17, 15) is 9.59 Å². The van der Waals surface area contributed by atoms with Crippen LogP contribution >= 0.6 is 0 Å². The summed E-state index contributed by atoms with van der Waals surface area (Å²) >= 11 is 0. The molecule has 3 N–H and O–H groups in total. The van der Waals surface area contributed by atoms with Crippen molar-refractivity contribution in [1.82, 2.24) is 5.32 Å². The largest absolute Gasteiger partial charge is 0.444 e. The molecule has 0 rings (SSSR count). The van der Waals surface area contributed by atoms with Gasteiger partial charge in [-0.2, -0.15) is 0 Å². The van der Waals surface area contributed by atoms with Crippen LogP contribution in [0.5, 0.6) is 0 Å². The quantitative estimate of drug-likeness (QED) is 0.574. The van der Waals surface area contributed by atoms with Gasteiger partial charge in [0.15, 0.2) is 0 Å². The van der Waals surface area contributed by atoms with E-state index in [4.69, 9.17) is 9.47 Å². The Kier molecular flexibility index (Phi) is 10.8. The molecule has 104 valence electrons. The number of alkyl carbamates (subject to hydrolysis) is 1. The van der Waals surface area contributed by atoms with Crippen LogP contribution in [-0.4, -0.2) is 37.9 Å². The van der Waals surface area contributed by atoms with E-state index in [0.29, 0.717) is 13.2 Å². The Balaban J connectivity index is 0. The molecule has 18 heavy (non-hydrogen) atoms. The van der Waals surface area contributed by atoms with Gasteiger partial charge in [-0.1, -0.05) is 5.92 Å². The van der Waals surface area contributed by atoms with Crippen LogP contribution in [0, 0.1) is 11.8 Å². The minimum atomic E-state index is -0.572. The van der Waals surface area contributed by atoms with Gasteiger partial charge in [0.2, 0.25) is 0 Å². The molecule has 0 fully saturated rings. The zero-order valence-corrected chi connectivity index (χ0v) is 11.6. The van der Waals surface area contributed by atoms with Crippen LogP contribution in [0.3, 0.4) is 0 Å². The first kappa shape index (κ1) is 18.6. The van der Waals surface area contributed by atoms with Crippen LogP contribution in [-0.2, 0) is 14.3 Å². The molecular formula is C12H22N2O4. The second kappa shape index (κ2) is 10.4. The van der Waals surface area contributed by atoms with Crippen molar-refractivity contribution in [2.24, 2.45) is 5.73 Å². The van der Waals surface area contributed by atoms with Crippen molar-refractivity contribution in [2.45, 2.75) is 33.3 Å². The molecule has 0 radical (unpaired) electrons. The fourth-order valence-electron chi connectivity index (χ4n) is 0.693. The number of nitrogens with two attached hydrogens (primary N) is 1. The first-order valence-electron chi connectivity index (χ1n) is 5.41. The molecule has 0 aliphatic carbocycles. The van der Waals surface area contributed by atoms with E-state index in [2.05, 4.69) is 22.9 Å². The maximum absolute atomic E-state index is 10.9. The van der Waals surface area contributed by atoms with E-state index in [1.165, 1.54) is 0 Å².